The predicted molar refractivity (Wildman–Crippen MR) is 75.3 cm³/mol. The van der Waals surface area contributed by atoms with Gasteiger partial charge in [-0.05, 0) is 24.7 Å². The van der Waals surface area contributed by atoms with E-state index in [-0.39, 0.29) is 0 Å². The van der Waals surface area contributed by atoms with E-state index >= 15 is 0 Å². The maximum Gasteiger partial charge on any atom is 0.243 e. The summed E-state index contributed by atoms with van der Waals surface area (Å²) < 4.78 is 26.5. The van der Waals surface area contributed by atoms with Crippen molar-refractivity contribution in [1.29, 1.82) is 0 Å². The zero-order valence-corrected chi connectivity index (χ0v) is 12.1. The first kappa shape index (κ1) is 13.9. The molecule has 0 unspecified atom stereocenters. The van der Waals surface area contributed by atoms with Crippen LogP contribution in [-0.4, -0.2) is 44.4 Å². The van der Waals surface area contributed by atoms with Crippen molar-refractivity contribution in [1.82, 2.24) is 9.62 Å². The molecule has 0 radical (unpaired) electrons. The van der Waals surface area contributed by atoms with Crippen molar-refractivity contribution in [3.8, 4) is 0 Å². The minimum atomic E-state index is -3.31. The Bertz CT molecular complexity index is 497. The van der Waals surface area contributed by atoms with Crippen LogP contribution in [0.15, 0.2) is 29.2 Å². The van der Waals surface area contributed by atoms with E-state index in [1.807, 2.05) is 13.1 Å². The third kappa shape index (κ3) is 3.06. The Morgan fingerprint density at radius 3 is 2.72 bits per heavy atom. The fourth-order valence-corrected chi connectivity index (χ4v) is 4.60. The normalized spacial score (nSPS) is 17.8. The van der Waals surface area contributed by atoms with Crippen molar-refractivity contribution >= 4 is 21.8 Å². The smallest absolute Gasteiger partial charge is 0.243 e. The van der Waals surface area contributed by atoms with E-state index in [1.54, 1.807) is 34.3 Å². The van der Waals surface area contributed by atoms with Crippen molar-refractivity contribution in [2.75, 3.05) is 31.6 Å². The molecule has 1 N–H and O–H groups in total. The fraction of sp³-hybridized carbons (Fsp3) is 0.500. The third-order valence-electron chi connectivity index (χ3n) is 2.89. The Kier molecular flexibility index (Phi) is 4.66. The molecule has 0 amide bonds. The monoisotopic (exact) mass is 286 g/mol. The Labute approximate surface area is 113 Å². The number of thioether (sulfide) groups is 1. The average molecular weight is 286 g/mol. The van der Waals surface area contributed by atoms with Crippen LogP contribution in [0.5, 0.6) is 0 Å². The molecule has 0 aliphatic carbocycles. The van der Waals surface area contributed by atoms with E-state index in [0.29, 0.717) is 24.5 Å². The Hall–Kier alpha value is -0.560. The molecule has 0 atom stereocenters. The Morgan fingerprint density at radius 2 is 2.06 bits per heavy atom. The van der Waals surface area contributed by atoms with Crippen molar-refractivity contribution in [3.05, 3.63) is 29.8 Å². The van der Waals surface area contributed by atoms with Crippen LogP contribution in [0.4, 0.5) is 0 Å². The molecule has 0 bridgehead atoms. The number of hydrogen-bond donors (Lipinski definition) is 1. The second-order valence-corrected chi connectivity index (χ2v) is 7.36. The number of benzene rings is 1. The molecule has 1 aromatic rings. The highest BCUT2D eigenvalue weighted by Crippen LogP contribution is 2.20. The van der Waals surface area contributed by atoms with E-state index in [2.05, 4.69) is 5.32 Å². The molecule has 1 aromatic carbocycles. The van der Waals surface area contributed by atoms with Gasteiger partial charge in [0.15, 0.2) is 0 Å². The molecule has 6 heteroatoms. The zero-order valence-electron chi connectivity index (χ0n) is 10.4. The average Bonchev–Trinajstić information content (AvgIpc) is 2.40. The number of sulfonamides is 1. The second-order valence-electron chi connectivity index (χ2n) is 4.19. The lowest BCUT2D eigenvalue weighted by Crippen LogP contribution is -2.37. The van der Waals surface area contributed by atoms with E-state index in [9.17, 15) is 8.42 Å². The molecule has 1 saturated heterocycles. The molecule has 1 aliphatic rings. The first-order valence-corrected chi connectivity index (χ1v) is 8.55. The summed E-state index contributed by atoms with van der Waals surface area (Å²) in [5.41, 5.74) is 0.991. The van der Waals surface area contributed by atoms with Crippen LogP contribution in [0, 0.1) is 0 Å². The minimum Gasteiger partial charge on any atom is -0.316 e. The van der Waals surface area contributed by atoms with Gasteiger partial charge in [-0.2, -0.15) is 16.1 Å². The van der Waals surface area contributed by atoms with Crippen LogP contribution in [0.25, 0.3) is 0 Å². The summed E-state index contributed by atoms with van der Waals surface area (Å²) in [7, 11) is -1.46. The van der Waals surface area contributed by atoms with Gasteiger partial charge in [0.05, 0.1) is 4.90 Å². The van der Waals surface area contributed by atoms with E-state index in [1.165, 1.54) is 0 Å². The Morgan fingerprint density at radius 1 is 1.33 bits per heavy atom. The van der Waals surface area contributed by atoms with Gasteiger partial charge in [0.1, 0.15) is 0 Å². The summed E-state index contributed by atoms with van der Waals surface area (Å²) >= 11 is 1.81. The molecule has 4 nitrogen and oxygen atoms in total. The van der Waals surface area contributed by atoms with E-state index in [0.717, 1.165) is 17.1 Å². The van der Waals surface area contributed by atoms with Gasteiger partial charge in [-0.25, -0.2) is 8.42 Å². The molecule has 2 rings (SSSR count). The van der Waals surface area contributed by atoms with Gasteiger partial charge in [-0.15, -0.1) is 0 Å². The number of nitrogens with one attached hydrogen (secondary N) is 1. The Balaban J connectivity index is 2.25. The molecule has 1 heterocycles. The fourth-order valence-electron chi connectivity index (χ4n) is 1.96. The maximum atomic E-state index is 12.4. The highest BCUT2D eigenvalue weighted by Gasteiger charge is 2.25. The van der Waals surface area contributed by atoms with Crippen molar-refractivity contribution in [2.45, 2.75) is 11.4 Å². The van der Waals surface area contributed by atoms with Gasteiger partial charge in [0.2, 0.25) is 10.0 Å². The number of nitrogens with zero attached hydrogens (tertiary/aromatic N) is 1. The number of rotatable bonds is 4. The lowest BCUT2D eigenvalue weighted by Gasteiger charge is -2.25. The topological polar surface area (TPSA) is 49.4 Å². The largest absolute Gasteiger partial charge is 0.316 e. The highest BCUT2D eigenvalue weighted by molar-refractivity contribution is 7.99. The molecule has 18 heavy (non-hydrogen) atoms. The molecular weight excluding hydrogens is 268 g/mol. The SMILES string of the molecule is CNCc1cccc(S(=O)(=O)N2CCSCC2)c1. The van der Waals surface area contributed by atoms with E-state index < -0.39 is 10.0 Å². The number of hydrogen-bond acceptors (Lipinski definition) is 4. The van der Waals surface area contributed by atoms with Gasteiger partial charge in [-0.3, -0.25) is 0 Å². The van der Waals surface area contributed by atoms with Crippen molar-refractivity contribution < 1.29 is 8.42 Å². The van der Waals surface area contributed by atoms with Crippen LogP contribution in [0.2, 0.25) is 0 Å². The van der Waals surface area contributed by atoms with E-state index in [4.69, 9.17) is 0 Å². The van der Waals surface area contributed by atoms with Gasteiger partial charge >= 0.3 is 0 Å². The lowest BCUT2D eigenvalue weighted by atomic mass is 10.2. The first-order valence-electron chi connectivity index (χ1n) is 5.96. The summed E-state index contributed by atoms with van der Waals surface area (Å²) in [4.78, 5) is 0.405. The molecular formula is C12H18N2O2S2. The maximum absolute atomic E-state index is 12.4. The van der Waals surface area contributed by atoms with Crippen LogP contribution in [0.3, 0.4) is 0 Å². The van der Waals surface area contributed by atoms with Crippen molar-refractivity contribution in [3.63, 3.8) is 0 Å². The molecule has 1 aliphatic heterocycles. The quantitative estimate of drug-likeness (QED) is 0.902. The summed E-state index contributed by atoms with van der Waals surface area (Å²) in [6.45, 7) is 1.91. The summed E-state index contributed by atoms with van der Waals surface area (Å²) in [5, 5.41) is 3.03. The van der Waals surface area contributed by atoms with Crippen LogP contribution in [0.1, 0.15) is 5.56 Å². The van der Waals surface area contributed by atoms with Crippen LogP contribution < -0.4 is 5.32 Å². The van der Waals surface area contributed by atoms with Gasteiger partial charge in [0.25, 0.3) is 0 Å². The predicted octanol–water partition coefficient (Wildman–Crippen LogP) is 1.14. The molecule has 100 valence electrons. The summed E-state index contributed by atoms with van der Waals surface area (Å²) in [6.07, 6.45) is 0. The van der Waals surface area contributed by atoms with Gasteiger partial charge in [0, 0.05) is 31.1 Å². The summed E-state index contributed by atoms with van der Waals surface area (Å²) in [6, 6.07) is 7.17. The van der Waals surface area contributed by atoms with Gasteiger partial charge < -0.3 is 5.32 Å². The van der Waals surface area contributed by atoms with Crippen molar-refractivity contribution in [2.24, 2.45) is 0 Å². The molecule has 0 saturated carbocycles. The van der Waals surface area contributed by atoms with Crippen LogP contribution >= 0.6 is 11.8 Å². The third-order valence-corrected chi connectivity index (χ3v) is 5.72. The minimum absolute atomic E-state index is 0.405. The second kappa shape index (κ2) is 6.06. The lowest BCUT2D eigenvalue weighted by molar-refractivity contribution is 0.443. The standard InChI is InChI=1S/C12H18N2O2S2/c1-13-10-11-3-2-4-12(9-11)18(15,16)14-5-7-17-8-6-14/h2-4,9,13H,5-8,10H2,1H3. The summed E-state index contributed by atoms with van der Waals surface area (Å²) in [5.74, 6) is 1.77. The molecule has 0 aromatic heterocycles. The van der Waals surface area contributed by atoms with Crippen LogP contribution in [-0.2, 0) is 16.6 Å². The zero-order chi connectivity index (χ0) is 13.0. The molecule has 1 fully saturated rings. The highest BCUT2D eigenvalue weighted by atomic mass is 32.2. The molecule has 0 spiro atoms. The first-order chi connectivity index (χ1) is 8.64. The van der Waals surface area contributed by atoms with Gasteiger partial charge in [-0.1, -0.05) is 12.1 Å².